The number of amides is 2. The molecule has 36 heavy (non-hydrogen) atoms. The molecule has 0 aliphatic carbocycles. The minimum absolute atomic E-state index is 0.174. The first-order valence-corrected chi connectivity index (χ1v) is 12.1. The van der Waals surface area contributed by atoms with Gasteiger partial charge in [-0.3, -0.25) is 9.59 Å². The van der Waals surface area contributed by atoms with Crippen molar-refractivity contribution in [2.45, 2.75) is 12.8 Å². The van der Waals surface area contributed by atoms with Gasteiger partial charge in [-0.05, 0) is 70.4 Å². The van der Waals surface area contributed by atoms with E-state index in [9.17, 15) is 14.4 Å². The van der Waals surface area contributed by atoms with Crippen LogP contribution in [0.3, 0.4) is 0 Å². The molecule has 3 rings (SSSR count). The molecule has 0 heterocycles. The lowest BCUT2D eigenvalue weighted by molar-refractivity contribution is -0.121. The molecule has 0 saturated heterocycles. The Balaban J connectivity index is 1.46. The minimum Gasteiger partial charge on any atom is -0.493 e. The van der Waals surface area contributed by atoms with Gasteiger partial charge in [-0.15, -0.1) is 0 Å². The number of carbonyl (C=O) groups is 3. The number of ether oxygens (including phenoxy) is 2. The van der Waals surface area contributed by atoms with Crippen LogP contribution in [0.4, 0.5) is 0 Å². The van der Waals surface area contributed by atoms with Gasteiger partial charge in [0.15, 0.2) is 11.5 Å². The Morgan fingerprint density at radius 3 is 2.44 bits per heavy atom. The van der Waals surface area contributed by atoms with Crippen molar-refractivity contribution in [3.8, 4) is 11.5 Å². The van der Waals surface area contributed by atoms with Gasteiger partial charge >= 0.3 is 5.97 Å². The number of esters is 1. The summed E-state index contributed by atoms with van der Waals surface area (Å²) in [4.78, 5) is 36.6. The second-order valence-corrected chi connectivity index (χ2v) is 8.67. The molecule has 0 radical (unpaired) electrons. The molecular formula is C26H23BrClN3O5. The predicted octanol–water partition coefficient (Wildman–Crippen LogP) is 4.99. The maximum absolute atomic E-state index is 12.5. The maximum Gasteiger partial charge on any atom is 0.344 e. The fraction of sp³-hybridized carbons (Fsp3) is 0.154. The van der Waals surface area contributed by atoms with Gasteiger partial charge in [0.2, 0.25) is 5.91 Å². The molecule has 0 spiro atoms. The summed E-state index contributed by atoms with van der Waals surface area (Å²) in [5, 5.41) is 7.04. The fourth-order valence-corrected chi connectivity index (χ4v) is 3.72. The highest BCUT2D eigenvalue weighted by atomic mass is 79.9. The molecule has 186 valence electrons. The van der Waals surface area contributed by atoms with E-state index in [1.807, 2.05) is 0 Å². The van der Waals surface area contributed by atoms with Crippen LogP contribution in [-0.2, 0) is 4.79 Å². The average molecular weight is 573 g/mol. The van der Waals surface area contributed by atoms with E-state index in [1.165, 1.54) is 13.3 Å². The molecule has 3 aromatic carbocycles. The number of hydrazone groups is 1. The summed E-state index contributed by atoms with van der Waals surface area (Å²) in [6.07, 6.45) is 2.05. The summed E-state index contributed by atoms with van der Waals surface area (Å²) in [5.41, 5.74) is 3.83. The fourth-order valence-electron chi connectivity index (χ4n) is 3.06. The number of nitrogens with zero attached hydrogens (tertiary/aromatic N) is 1. The molecule has 0 aromatic heterocycles. The molecule has 0 atom stereocenters. The van der Waals surface area contributed by atoms with Crippen LogP contribution in [0.25, 0.3) is 0 Å². The molecule has 2 amide bonds. The van der Waals surface area contributed by atoms with Crippen LogP contribution in [-0.4, -0.2) is 37.7 Å². The highest BCUT2D eigenvalue weighted by molar-refractivity contribution is 9.10. The lowest BCUT2D eigenvalue weighted by Gasteiger charge is -2.10. The second-order valence-electron chi connectivity index (χ2n) is 7.41. The van der Waals surface area contributed by atoms with Crippen molar-refractivity contribution in [2.75, 3.05) is 13.7 Å². The molecule has 10 heteroatoms. The number of benzene rings is 3. The SMILES string of the molecule is COc1cc(C=NNC(=O)CCCNC(=O)c2ccccc2Cl)ccc1OC(=O)c1ccccc1Br. The Hall–Kier alpha value is -3.69. The number of hydrogen-bond donors (Lipinski definition) is 2. The van der Waals surface area contributed by atoms with Crippen molar-refractivity contribution < 1.29 is 23.9 Å². The number of carbonyl (C=O) groups excluding carboxylic acids is 3. The second kappa shape index (κ2) is 13.4. The van der Waals surface area contributed by atoms with Crippen molar-refractivity contribution in [1.82, 2.24) is 10.7 Å². The molecule has 8 nitrogen and oxygen atoms in total. The van der Waals surface area contributed by atoms with E-state index in [4.69, 9.17) is 21.1 Å². The van der Waals surface area contributed by atoms with E-state index in [0.29, 0.717) is 44.9 Å². The van der Waals surface area contributed by atoms with Crippen LogP contribution < -0.4 is 20.2 Å². The Morgan fingerprint density at radius 2 is 1.72 bits per heavy atom. The smallest absolute Gasteiger partial charge is 0.344 e. The standard InChI is InChI=1S/C26H23BrClN3O5/c1-35-23-15-17(12-13-22(23)36-26(34)18-7-2-4-9-20(18)27)16-30-31-24(32)11-6-14-29-25(33)19-8-3-5-10-21(19)28/h2-5,7-10,12-13,15-16H,6,11,14H2,1H3,(H,29,33)(H,31,32). The molecule has 0 aliphatic heterocycles. The average Bonchev–Trinajstić information content (AvgIpc) is 2.87. The van der Waals surface area contributed by atoms with Gasteiger partial charge in [0.05, 0.1) is 29.5 Å². The zero-order chi connectivity index (χ0) is 25.9. The van der Waals surface area contributed by atoms with Crippen LogP contribution in [0, 0.1) is 0 Å². The first kappa shape index (κ1) is 26.9. The summed E-state index contributed by atoms with van der Waals surface area (Å²) in [6.45, 7) is 0.318. The Labute approximate surface area is 221 Å². The van der Waals surface area contributed by atoms with Crippen molar-refractivity contribution in [3.05, 3.63) is 92.9 Å². The summed E-state index contributed by atoms with van der Waals surface area (Å²) >= 11 is 9.33. The number of rotatable bonds is 10. The van der Waals surface area contributed by atoms with Crippen LogP contribution in [0.5, 0.6) is 11.5 Å². The first-order chi connectivity index (χ1) is 17.4. The normalized spacial score (nSPS) is 10.6. The van der Waals surface area contributed by atoms with Crippen LogP contribution in [0.2, 0.25) is 5.02 Å². The largest absolute Gasteiger partial charge is 0.493 e. The third-order valence-electron chi connectivity index (χ3n) is 4.87. The van der Waals surface area contributed by atoms with Crippen LogP contribution in [0.1, 0.15) is 39.1 Å². The number of halogens is 2. The zero-order valence-corrected chi connectivity index (χ0v) is 21.6. The van der Waals surface area contributed by atoms with Gasteiger partial charge < -0.3 is 14.8 Å². The van der Waals surface area contributed by atoms with Gasteiger partial charge in [0, 0.05) is 17.4 Å². The first-order valence-electron chi connectivity index (χ1n) is 10.9. The highest BCUT2D eigenvalue weighted by Crippen LogP contribution is 2.29. The maximum atomic E-state index is 12.5. The Bertz CT molecular complexity index is 1280. The molecule has 0 saturated carbocycles. The van der Waals surface area contributed by atoms with E-state index < -0.39 is 5.97 Å². The number of nitrogens with one attached hydrogen (secondary N) is 2. The zero-order valence-electron chi connectivity index (χ0n) is 19.3. The van der Waals surface area contributed by atoms with Crippen molar-refractivity contribution in [3.63, 3.8) is 0 Å². The molecule has 0 bridgehead atoms. The summed E-state index contributed by atoms with van der Waals surface area (Å²) in [7, 11) is 1.46. The van der Waals surface area contributed by atoms with E-state index in [-0.39, 0.29) is 24.0 Å². The lowest BCUT2D eigenvalue weighted by Crippen LogP contribution is -2.26. The summed E-state index contributed by atoms with van der Waals surface area (Å²) in [6, 6.07) is 18.6. The predicted molar refractivity (Wildman–Crippen MR) is 141 cm³/mol. The van der Waals surface area contributed by atoms with E-state index in [2.05, 4.69) is 31.8 Å². The Kier molecular flexibility index (Phi) is 10.0. The van der Waals surface area contributed by atoms with Gasteiger partial charge in [-0.2, -0.15) is 5.10 Å². The number of hydrogen-bond acceptors (Lipinski definition) is 6. The van der Waals surface area contributed by atoms with E-state index in [1.54, 1.807) is 66.7 Å². The topological polar surface area (TPSA) is 106 Å². The quantitative estimate of drug-likeness (QED) is 0.117. The molecule has 2 N–H and O–H groups in total. The van der Waals surface area contributed by atoms with E-state index >= 15 is 0 Å². The molecular weight excluding hydrogens is 550 g/mol. The van der Waals surface area contributed by atoms with Crippen LogP contribution in [0.15, 0.2) is 76.3 Å². The third kappa shape index (κ3) is 7.66. The number of methoxy groups -OCH3 is 1. The van der Waals surface area contributed by atoms with Crippen molar-refractivity contribution >= 4 is 51.5 Å². The molecule has 0 unspecified atom stereocenters. The molecule has 0 aliphatic rings. The van der Waals surface area contributed by atoms with Gasteiger partial charge in [0.25, 0.3) is 5.91 Å². The summed E-state index contributed by atoms with van der Waals surface area (Å²) in [5.74, 6) is -0.543. The molecule has 3 aromatic rings. The minimum atomic E-state index is -0.530. The lowest BCUT2D eigenvalue weighted by atomic mass is 10.2. The summed E-state index contributed by atoms with van der Waals surface area (Å²) < 4.78 is 11.4. The van der Waals surface area contributed by atoms with Gasteiger partial charge in [-0.25, -0.2) is 10.2 Å². The van der Waals surface area contributed by atoms with Crippen LogP contribution >= 0.6 is 27.5 Å². The highest BCUT2D eigenvalue weighted by Gasteiger charge is 2.15. The van der Waals surface area contributed by atoms with Crippen molar-refractivity contribution in [2.24, 2.45) is 5.10 Å². The Morgan fingerprint density at radius 1 is 1.00 bits per heavy atom. The van der Waals surface area contributed by atoms with E-state index in [0.717, 1.165) is 0 Å². The van der Waals surface area contributed by atoms with Gasteiger partial charge in [0.1, 0.15) is 0 Å². The van der Waals surface area contributed by atoms with Crippen molar-refractivity contribution in [1.29, 1.82) is 0 Å². The molecule has 0 fully saturated rings. The third-order valence-corrected chi connectivity index (χ3v) is 5.89. The van der Waals surface area contributed by atoms with Gasteiger partial charge in [-0.1, -0.05) is 35.9 Å². The monoisotopic (exact) mass is 571 g/mol.